The Balaban J connectivity index is 0.000000138. The van der Waals surface area contributed by atoms with Crippen LogP contribution in [0.25, 0.3) is 23.3 Å². The lowest BCUT2D eigenvalue weighted by Gasteiger charge is -2.05. The van der Waals surface area contributed by atoms with Crippen LogP contribution < -0.4 is 41.7 Å². The molecular weight excluding hydrogens is 1260 g/mol. The fourth-order valence-corrected chi connectivity index (χ4v) is 9.46. The van der Waals surface area contributed by atoms with Crippen LogP contribution in [0.5, 0.6) is 20.8 Å². The molecule has 0 fully saturated rings. The van der Waals surface area contributed by atoms with E-state index in [0.717, 1.165) is 48.8 Å². The number of aryl methyl sites for hydroxylation is 8. The summed E-state index contributed by atoms with van der Waals surface area (Å²) in [7, 11) is 12.5. The molecule has 0 N–H and O–H groups in total. The molecule has 0 aliphatic carbocycles. The number of ether oxygens (including phenoxy) is 4. The summed E-state index contributed by atoms with van der Waals surface area (Å²) in [5.74, 6) is 0.644. The Hall–Kier alpha value is -9.26. The monoisotopic (exact) mass is 1310 g/mol. The summed E-state index contributed by atoms with van der Waals surface area (Å²) in [6.07, 6.45) is 2.09. The standard InChI is InChI=1S/C10H10BrN7O2S.C10H10ClN7O2S.C10H10FN7O2S.C10H11N7O2S/c3*1-16-8(18-10(19)17(2)14-15-18)6(7(11)13-16)5-20-9-12-3-4-21-9;1-15-8(17-10(18)16(2)13-14-17)7(5-12-15)6-19-9-11-3-4-20-9/h3*3-4H,5H2,1-2H3;3-5H,6H2,1-2H3/i4*3T. The SMILES string of the molecule is [3H]c1csc(OCc2c(Br)nn(C)c2-n2nnn(C)c2=O)n1.[3H]c1csc(OCc2c(Cl)nn(C)c2-n2nnn(C)c2=O)n1.[3H]c1csc(OCc2c(F)nn(C)c2-n2nnn(C)c2=O)n1.[3H]c1csc(OCc2cnn(C)c2-n2nnn(C)c2=O)n1. The van der Waals surface area contributed by atoms with Crippen molar-refractivity contribution in [2.75, 3.05) is 0 Å². The molecule has 0 aliphatic rings. The van der Waals surface area contributed by atoms with Crippen molar-refractivity contribution in [1.82, 2.24) is 138 Å². The van der Waals surface area contributed by atoms with Crippen LogP contribution in [0.1, 0.15) is 27.7 Å². The lowest BCUT2D eigenvalue weighted by Crippen LogP contribution is -2.24. The van der Waals surface area contributed by atoms with E-state index in [0.29, 0.717) is 54.3 Å². The Morgan fingerprint density at radius 3 is 1.22 bits per heavy atom. The summed E-state index contributed by atoms with van der Waals surface area (Å²) < 4.78 is 80.1. The first-order chi connectivity index (χ1) is 41.5. The molecule has 0 unspecified atom stereocenters. The largest absolute Gasteiger partial charge is 0.465 e. The van der Waals surface area contributed by atoms with Crippen molar-refractivity contribution in [2.45, 2.75) is 26.4 Å². The average Bonchev–Trinajstić information content (AvgIpc) is 1.89. The molecule has 0 aromatic carbocycles. The highest BCUT2D eigenvalue weighted by Gasteiger charge is 2.25. The Labute approximate surface area is 496 Å². The Kier molecular flexibility index (Phi) is 16.4. The van der Waals surface area contributed by atoms with Crippen molar-refractivity contribution in [3.8, 4) is 44.0 Å². The summed E-state index contributed by atoms with van der Waals surface area (Å²) >= 11 is 14.2. The van der Waals surface area contributed by atoms with Crippen LogP contribution in [-0.2, 0) is 82.8 Å². The summed E-state index contributed by atoms with van der Waals surface area (Å²) in [5.41, 5.74) is 0.103. The fraction of sp³-hybridized carbons (Fsp3) is 0.300. The molecular formula is C40H41BrClFN28O8S4. The first-order valence-electron chi connectivity index (χ1n) is 24.8. The van der Waals surface area contributed by atoms with E-state index >= 15 is 0 Å². The third-order valence-corrected chi connectivity index (χ3v) is 14.2. The molecule has 43 heteroatoms. The minimum Gasteiger partial charge on any atom is -0.465 e. The molecule has 36 nitrogen and oxygen atoms in total. The lowest BCUT2D eigenvalue weighted by molar-refractivity contribution is 0.297. The molecule has 0 atom stereocenters. The molecule has 12 aromatic rings. The Morgan fingerprint density at radius 1 is 0.470 bits per heavy atom. The zero-order valence-corrected chi connectivity index (χ0v) is 49.4. The van der Waals surface area contributed by atoms with Gasteiger partial charge in [-0.05, 0) is 57.6 Å². The molecule has 12 rings (SSSR count). The van der Waals surface area contributed by atoms with Gasteiger partial charge >= 0.3 is 22.8 Å². The van der Waals surface area contributed by atoms with E-state index in [1.165, 1.54) is 93.4 Å². The Morgan fingerprint density at radius 2 is 0.819 bits per heavy atom. The summed E-state index contributed by atoms with van der Waals surface area (Å²) in [4.78, 5) is 63.4. The van der Waals surface area contributed by atoms with Crippen LogP contribution in [0.3, 0.4) is 0 Å². The van der Waals surface area contributed by atoms with Crippen LogP contribution in [-0.4, -0.2) is 138 Å². The van der Waals surface area contributed by atoms with E-state index in [1.54, 1.807) is 43.5 Å². The maximum absolute atomic E-state index is 14.0. The zero-order valence-electron chi connectivity index (χ0n) is 47.8. The van der Waals surface area contributed by atoms with E-state index in [-0.39, 0.29) is 84.2 Å². The number of tetrazole rings is 4. The van der Waals surface area contributed by atoms with Gasteiger partial charge < -0.3 is 18.9 Å². The number of aromatic nitrogens is 28. The van der Waals surface area contributed by atoms with Gasteiger partial charge in [-0.25, -0.2) is 53.2 Å². The minimum absolute atomic E-state index is 0.0397. The predicted octanol–water partition coefficient (Wildman–Crippen LogP) is 0.495. The molecule has 83 heavy (non-hydrogen) atoms. The molecule has 0 bridgehead atoms. The second-order valence-corrected chi connectivity index (χ2v) is 20.5. The highest BCUT2D eigenvalue weighted by molar-refractivity contribution is 9.10. The summed E-state index contributed by atoms with van der Waals surface area (Å²) in [5, 5.41) is 53.4. The average molecular weight is 1310 g/mol. The Bertz CT molecular complexity index is 4290. The van der Waals surface area contributed by atoms with Crippen molar-refractivity contribution >= 4 is 72.9 Å². The topological polar surface area (TPSA) is 371 Å². The number of nitrogens with zero attached hydrogens (tertiary/aromatic N) is 28. The van der Waals surface area contributed by atoms with Gasteiger partial charge in [0.2, 0.25) is 5.95 Å². The van der Waals surface area contributed by atoms with Gasteiger partial charge in [-0.15, -0.1) is 23.8 Å². The molecule has 0 aliphatic heterocycles. The van der Waals surface area contributed by atoms with Gasteiger partial charge in [0.05, 0.1) is 33.9 Å². The first-order valence-corrected chi connectivity index (χ1v) is 27.5. The number of hydrogen-bond acceptors (Lipinski definition) is 28. The molecule has 0 amide bonds. The smallest absolute Gasteiger partial charge is 0.369 e. The number of rotatable bonds is 16. The second kappa shape index (κ2) is 25.7. The molecule has 0 radical (unpaired) electrons. The minimum atomic E-state index is -0.780. The van der Waals surface area contributed by atoms with Crippen molar-refractivity contribution in [3.05, 3.63) is 132 Å². The van der Waals surface area contributed by atoms with Crippen LogP contribution >= 0.6 is 72.9 Å². The molecule has 0 saturated carbocycles. The van der Waals surface area contributed by atoms with Crippen molar-refractivity contribution in [1.29, 1.82) is 0 Å². The highest BCUT2D eigenvalue weighted by atomic mass is 79.9. The number of halogens is 3. The van der Waals surface area contributed by atoms with Gasteiger partial charge in [-0.2, -0.15) is 38.4 Å². The number of hydrogen-bond donors (Lipinski definition) is 0. The molecule has 12 aromatic heterocycles. The maximum atomic E-state index is 14.0. The molecule has 12 heterocycles. The zero-order chi connectivity index (χ0) is 62.5. The normalized spacial score (nSPS) is 11.7. The van der Waals surface area contributed by atoms with Crippen molar-refractivity contribution in [3.63, 3.8) is 0 Å². The van der Waals surface area contributed by atoms with E-state index in [2.05, 4.69) is 98.0 Å². The third-order valence-electron chi connectivity index (χ3n) is 10.7. The van der Waals surface area contributed by atoms with Crippen LogP contribution in [0.4, 0.5) is 4.39 Å². The maximum Gasteiger partial charge on any atom is 0.369 e. The van der Waals surface area contributed by atoms with Crippen LogP contribution in [0.15, 0.2) is 76.2 Å². The quantitative estimate of drug-likeness (QED) is 0.127. The van der Waals surface area contributed by atoms with E-state index in [1.807, 2.05) is 0 Å². The lowest BCUT2D eigenvalue weighted by atomic mass is 10.3. The van der Waals surface area contributed by atoms with Crippen molar-refractivity contribution in [2.24, 2.45) is 56.4 Å². The number of thiazole rings is 4. The predicted molar refractivity (Wildman–Crippen MR) is 292 cm³/mol. The molecule has 0 spiro atoms. The third kappa shape index (κ3) is 12.9. The van der Waals surface area contributed by atoms with Crippen LogP contribution in [0.2, 0.25) is 5.15 Å². The first kappa shape index (κ1) is 53.1. The second-order valence-electron chi connectivity index (χ2n) is 16.1. The van der Waals surface area contributed by atoms with Gasteiger partial charge in [-0.3, -0.25) is 4.68 Å². The van der Waals surface area contributed by atoms with Gasteiger partial charge in [0.1, 0.15) is 31.0 Å². The molecule has 0 saturated heterocycles. The van der Waals surface area contributed by atoms with Crippen molar-refractivity contribution < 1.29 is 28.8 Å². The fourth-order valence-electron chi connectivity index (χ4n) is 6.92. The van der Waals surface area contributed by atoms with Gasteiger partial charge in [0.25, 0.3) is 20.8 Å². The highest BCUT2D eigenvalue weighted by Crippen LogP contribution is 2.27. The van der Waals surface area contributed by atoms with Gasteiger partial charge in [-0.1, -0.05) is 56.9 Å². The summed E-state index contributed by atoms with van der Waals surface area (Å²) in [6.45, 7) is 0.127. The van der Waals surface area contributed by atoms with E-state index < -0.39 is 17.3 Å². The van der Waals surface area contributed by atoms with E-state index in [9.17, 15) is 23.6 Å². The summed E-state index contributed by atoms with van der Waals surface area (Å²) in [6, 6.07) is 0. The molecule has 434 valence electrons. The van der Waals surface area contributed by atoms with Gasteiger partial charge in [0, 0.05) is 103 Å². The van der Waals surface area contributed by atoms with Crippen LogP contribution in [0, 0.1) is 5.95 Å². The van der Waals surface area contributed by atoms with Gasteiger partial charge in [0.15, 0.2) is 28.4 Å². The van der Waals surface area contributed by atoms with E-state index in [4.69, 9.17) is 36.0 Å².